The second kappa shape index (κ2) is 13.0. The lowest BCUT2D eigenvalue weighted by atomic mass is 10.1. The Kier molecular flexibility index (Phi) is 11.0. The molecule has 0 atom stereocenters. The van der Waals surface area contributed by atoms with Crippen molar-refractivity contribution < 1.29 is 19.1 Å². The molecule has 0 aliphatic heterocycles. The van der Waals surface area contributed by atoms with Crippen LogP contribution in [0.5, 0.6) is 5.95 Å². The minimum atomic E-state index is -1.18. The molecule has 23 heavy (non-hydrogen) atoms. The van der Waals surface area contributed by atoms with E-state index in [4.69, 9.17) is 14.3 Å². The van der Waals surface area contributed by atoms with Crippen LogP contribution in [0.1, 0.15) is 94.7 Å². The number of hydrogen-bond acceptors (Lipinski definition) is 4. The number of aromatic nitrogens is 1. The third-order valence-electron chi connectivity index (χ3n) is 3.91. The number of nitrogens with zero attached hydrogens (tertiary/aromatic N) is 1. The monoisotopic (exact) mass is 325 g/mol. The minimum absolute atomic E-state index is 0.186. The fourth-order valence-corrected chi connectivity index (χ4v) is 2.54. The Hall–Kier alpha value is -1.52. The van der Waals surface area contributed by atoms with Gasteiger partial charge in [0.15, 0.2) is 0 Å². The van der Waals surface area contributed by atoms with E-state index in [2.05, 4.69) is 11.9 Å². The molecule has 0 unspecified atom stereocenters. The Morgan fingerprint density at radius 1 is 1.00 bits per heavy atom. The number of carboxylic acid groups (broad SMARTS) is 1. The number of rotatable bonds is 15. The SMILES string of the molecule is CCCCCCCCCCCCCCOc1cnc(C(=O)O)o1. The number of hydrogen-bond donors (Lipinski definition) is 1. The first-order chi connectivity index (χ1) is 11.2. The van der Waals surface area contributed by atoms with Crippen LogP contribution in [0.2, 0.25) is 0 Å². The van der Waals surface area contributed by atoms with Gasteiger partial charge < -0.3 is 14.3 Å². The van der Waals surface area contributed by atoms with Gasteiger partial charge in [0.25, 0.3) is 0 Å². The Morgan fingerprint density at radius 3 is 2.00 bits per heavy atom. The molecular formula is C18H31NO4. The molecule has 0 saturated carbocycles. The highest BCUT2D eigenvalue weighted by molar-refractivity contribution is 5.82. The molecule has 1 rings (SSSR count). The second-order valence-electron chi connectivity index (χ2n) is 6.03. The van der Waals surface area contributed by atoms with Crippen molar-refractivity contribution in [1.82, 2.24) is 4.98 Å². The number of carbonyl (C=O) groups is 1. The predicted molar refractivity (Wildman–Crippen MR) is 90.0 cm³/mol. The van der Waals surface area contributed by atoms with E-state index in [-0.39, 0.29) is 11.8 Å². The summed E-state index contributed by atoms with van der Waals surface area (Å²) in [7, 11) is 0. The van der Waals surface area contributed by atoms with Crippen LogP contribution in [-0.2, 0) is 0 Å². The molecule has 0 spiro atoms. The molecule has 1 heterocycles. The first-order valence-corrected chi connectivity index (χ1v) is 9.06. The van der Waals surface area contributed by atoms with Gasteiger partial charge in [0, 0.05) is 0 Å². The van der Waals surface area contributed by atoms with Crippen LogP contribution < -0.4 is 4.74 Å². The second-order valence-corrected chi connectivity index (χ2v) is 6.03. The number of oxazole rings is 1. The minimum Gasteiger partial charge on any atom is -0.474 e. The number of ether oxygens (including phenoxy) is 1. The Morgan fingerprint density at radius 2 is 1.52 bits per heavy atom. The zero-order chi connectivity index (χ0) is 16.8. The lowest BCUT2D eigenvalue weighted by Crippen LogP contribution is -1.97. The van der Waals surface area contributed by atoms with Gasteiger partial charge in [0.05, 0.1) is 6.61 Å². The molecule has 132 valence electrons. The fraction of sp³-hybridized carbons (Fsp3) is 0.778. The highest BCUT2D eigenvalue weighted by Crippen LogP contribution is 2.14. The molecule has 5 heteroatoms. The molecule has 0 aliphatic rings. The predicted octanol–water partition coefficient (Wildman–Crippen LogP) is 5.45. The molecule has 0 aromatic carbocycles. The van der Waals surface area contributed by atoms with Crippen molar-refractivity contribution in [2.45, 2.75) is 84.0 Å². The van der Waals surface area contributed by atoms with Gasteiger partial charge in [-0.2, -0.15) is 0 Å². The number of carboxylic acids is 1. The maximum atomic E-state index is 10.6. The number of unbranched alkanes of at least 4 members (excludes halogenated alkanes) is 11. The third kappa shape index (κ3) is 9.97. The topological polar surface area (TPSA) is 72.6 Å². The van der Waals surface area contributed by atoms with E-state index in [1.54, 1.807) is 0 Å². The molecule has 0 amide bonds. The highest BCUT2D eigenvalue weighted by atomic mass is 16.6. The normalized spacial score (nSPS) is 10.8. The van der Waals surface area contributed by atoms with E-state index in [9.17, 15) is 4.79 Å². The molecule has 0 saturated heterocycles. The van der Waals surface area contributed by atoms with Crippen LogP contribution in [0, 0.1) is 0 Å². The van der Waals surface area contributed by atoms with E-state index in [1.807, 2.05) is 0 Å². The largest absolute Gasteiger partial charge is 0.474 e. The first-order valence-electron chi connectivity index (χ1n) is 9.06. The zero-order valence-corrected chi connectivity index (χ0v) is 14.4. The van der Waals surface area contributed by atoms with Crippen LogP contribution in [0.4, 0.5) is 0 Å². The molecule has 0 fully saturated rings. The highest BCUT2D eigenvalue weighted by Gasteiger charge is 2.11. The van der Waals surface area contributed by atoms with Crippen molar-refractivity contribution in [2.24, 2.45) is 0 Å². The standard InChI is InChI=1S/C18H31NO4/c1-2-3-4-5-6-7-8-9-10-11-12-13-14-22-16-15-19-17(23-16)18(20)21/h15H,2-14H2,1H3,(H,20,21). The van der Waals surface area contributed by atoms with Gasteiger partial charge in [0.1, 0.15) is 6.20 Å². The summed E-state index contributed by atoms with van der Waals surface area (Å²) in [5.41, 5.74) is 0. The average molecular weight is 325 g/mol. The maximum absolute atomic E-state index is 10.6. The molecule has 0 radical (unpaired) electrons. The van der Waals surface area contributed by atoms with Crippen LogP contribution in [0.3, 0.4) is 0 Å². The molecular weight excluding hydrogens is 294 g/mol. The van der Waals surface area contributed by atoms with Crippen molar-refractivity contribution in [3.8, 4) is 5.95 Å². The van der Waals surface area contributed by atoms with Gasteiger partial charge in [-0.1, -0.05) is 77.6 Å². The lowest BCUT2D eigenvalue weighted by molar-refractivity contribution is 0.0644. The van der Waals surface area contributed by atoms with Gasteiger partial charge in [-0.3, -0.25) is 0 Å². The van der Waals surface area contributed by atoms with Gasteiger partial charge in [-0.05, 0) is 6.42 Å². The van der Waals surface area contributed by atoms with E-state index in [0.29, 0.717) is 6.61 Å². The van der Waals surface area contributed by atoms with Gasteiger partial charge in [0.2, 0.25) is 0 Å². The van der Waals surface area contributed by atoms with Crippen molar-refractivity contribution in [3.05, 3.63) is 12.1 Å². The summed E-state index contributed by atoms with van der Waals surface area (Å²) in [5, 5.41) is 8.67. The van der Waals surface area contributed by atoms with E-state index in [0.717, 1.165) is 12.8 Å². The smallest absolute Gasteiger partial charge is 0.392 e. The average Bonchev–Trinajstić information content (AvgIpc) is 3.01. The van der Waals surface area contributed by atoms with Gasteiger partial charge in [-0.25, -0.2) is 9.78 Å². The van der Waals surface area contributed by atoms with Crippen LogP contribution in [0.15, 0.2) is 10.6 Å². The summed E-state index contributed by atoms with van der Waals surface area (Å²) >= 11 is 0. The molecule has 1 aromatic rings. The van der Waals surface area contributed by atoms with E-state index in [1.165, 1.54) is 70.4 Å². The summed E-state index contributed by atoms with van der Waals surface area (Å²) < 4.78 is 10.3. The van der Waals surface area contributed by atoms with Crippen molar-refractivity contribution in [3.63, 3.8) is 0 Å². The Labute approximate surface area is 139 Å². The third-order valence-corrected chi connectivity index (χ3v) is 3.91. The summed E-state index contributed by atoms with van der Waals surface area (Å²) in [6.07, 6.45) is 16.9. The molecule has 5 nitrogen and oxygen atoms in total. The summed E-state index contributed by atoms with van der Waals surface area (Å²) in [5.74, 6) is -1.31. The zero-order valence-electron chi connectivity index (χ0n) is 14.4. The van der Waals surface area contributed by atoms with Crippen molar-refractivity contribution in [1.29, 1.82) is 0 Å². The van der Waals surface area contributed by atoms with Gasteiger partial charge >= 0.3 is 17.8 Å². The Bertz CT molecular complexity index is 417. The van der Waals surface area contributed by atoms with Crippen molar-refractivity contribution in [2.75, 3.05) is 6.61 Å². The fourth-order valence-electron chi connectivity index (χ4n) is 2.54. The van der Waals surface area contributed by atoms with E-state index < -0.39 is 5.97 Å². The quantitative estimate of drug-likeness (QED) is 0.434. The number of aromatic carboxylic acids is 1. The van der Waals surface area contributed by atoms with Gasteiger partial charge in [-0.15, -0.1) is 0 Å². The molecule has 1 aromatic heterocycles. The van der Waals surface area contributed by atoms with E-state index >= 15 is 0 Å². The molecule has 0 bridgehead atoms. The first kappa shape index (κ1) is 19.5. The molecule has 0 aliphatic carbocycles. The van der Waals surface area contributed by atoms with Crippen LogP contribution in [0.25, 0.3) is 0 Å². The summed E-state index contributed by atoms with van der Waals surface area (Å²) in [4.78, 5) is 14.2. The summed E-state index contributed by atoms with van der Waals surface area (Å²) in [6, 6.07) is 0. The molecule has 1 N–H and O–H groups in total. The summed E-state index contributed by atoms with van der Waals surface area (Å²) in [6.45, 7) is 2.80. The van der Waals surface area contributed by atoms with Crippen molar-refractivity contribution >= 4 is 5.97 Å². The lowest BCUT2D eigenvalue weighted by Gasteiger charge is -2.03. The van der Waals surface area contributed by atoms with Crippen LogP contribution >= 0.6 is 0 Å². The van der Waals surface area contributed by atoms with Crippen LogP contribution in [-0.4, -0.2) is 22.7 Å². The maximum Gasteiger partial charge on any atom is 0.392 e. The Balaban J connectivity index is 1.83.